The molecule has 0 aliphatic rings. The first-order valence-electron chi connectivity index (χ1n) is 6.84. The summed E-state index contributed by atoms with van der Waals surface area (Å²) in [6, 6.07) is 0. The van der Waals surface area contributed by atoms with E-state index in [1.165, 1.54) is 0 Å². The molecular formula is C12H20N6O3. The Labute approximate surface area is 122 Å². The fourth-order valence-electron chi connectivity index (χ4n) is 1.45. The summed E-state index contributed by atoms with van der Waals surface area (Å²) in [5.41, 5.74) is -0.264. The first-order chi connectivity index (χ1) is 10.1. The number of nitrogens with zero attached hydrogens (tertiary/aromatic N) is 3. The summed E-state index contributed by atoms with van der Waals surface area (Å²) in [6.07, 6.45) is 2.82. The Morgan fingerprint density at radius 1 is 1.29 bits per heavy atom. The molecule has 0 aromatic carbocycles. The SMILES string of the molecule is CCCNC(=O)CNc1nc(NCCC)ncc1[N+](=O)[O-]. The molecule has 116 valence electrons. The van der Waals surface area contributed by atoms with Gasteiger partial charge in [0.1, 0.15) is 6.20 Å². The van der Waals surface area contributed by atoms with Crippen LogP contribution < -0.4 is 16.0 Å². The van der Waals surface area contributed by atoms with E-state index in [9.17, 15) is 14.9 Å². The van der Waals surface area contributed by atoms with Gasteiger partial charge in [0, 0.05) is 13.1 Å². The van der Waals surface area contributed by atoms with Crippen LogP contribution >= 0.6 is 0 Å². The Kier molecular flexibility index (Phi) is 6.85. The van der Waals surface area contributed by atoms with Gasteiger partial charge in [-0.1, -0.05) is 13.8 Å². The highest BCUT2D eigenvalue weighted by atomic mass is 16.6. The molecule has 9 nitrogen and oxygen atoms in total. The van der Waals surface area contributed by atoms with E-state index in [0.717, 1.165) is 19.0 Å². The van der Waals surface area contributed by atoms with Gasteiger partial charge in [-0.15, -0.1) is 0 Å². The molecule has 21 heavy (non-hydrogen) atoms. The van der Waals surface area contributed by atoms with E-state index < -0.39 is 4.92 Å². The van der Waals surface area contributed by atoms with Crippen LogP contribution in [0.4, 0.5) is 17.5 Å². The molecule has 1 amide bonds. The molecular weight excluding hydrogens is 276 g/mol. The van der Waals surface area contributed by atoms with Gasteiger partial charge in [0.05, 0.1) is 11.5 Å². The quantitative estimate of drug-likeness (QED) is 0.461. The number of anilines is 2. The molecule has 0 unspecified atom stereocenters. The van der Waals surface area contributed by atoms with E-state index in [1.54, 1.807) is 0 Å². The molecule has 9 heteroatoms. The molecule has 1 aromatic heterocycles. The van der Waals surface area contributed by atoms with Crippen molar-refractivity contribution in [2.75, 3.05) is 30.3 Å². The summed E-state index contributed by atoms with van der Waals surface area (Å²) < 4.78 is 0. The number of hydrogen-bond donors (Lipinski definition) is 3. The van der Waals surface area contributed by atoms with E-state index >= 15 is 0 Å². The fraction of sp³-hybridized carbons (Fsp3) is 0.583. The van der Waals surface area contributed by atoms with Crippen LogP contribution in [0.2, 0.25) is 0 Å². The second-order valence-electron chi connectivity index (χ2n) is 4.31. The van der Waals surface area contributed by atoms with Gasteiger partial charge in [0.2, 0.25) is 17.7 Å². The van der Waals surface area contributed by atoms with Crippen LogP contribution in [0.1, 0.15) is 26.7 Å². The Bertz CT molecular complexity index is 494. The summed E-state index contributed by atoms with van der Waals surface area (Å²) in [7, 11) is 0. The van der Waals surface area contributed by atoms with Crippen molar-refractivity contribution in [1.82, 2.24) is 15.3 Å². The number of hydrogen-bond acceptors (Lipinski definition) is 7. The zero-order chi connectivity index (χ0) is 15.7. The third-order valence-corrected chi connectivity index (χ3v) is 2.49. The lowest BCUT2D eigenvalue weighted by atomic mass is 10.4. The van der Waals surface area contributed by atoms with Gasteiger partial charge >= 0.3 is 5.69 Å². The van der Waals surface area contributed by atoms with Crippen LogP contribution in [0.5, 0.6) is 0 Å². The predicted octanol–water partition coefficient (Wildman–Crippen LogP) is 1.14. The zero-order valence-corrected chi connectivity index (χ0v) is 12.2. The van der Waals surface area contributed by atoms with E-state index in [2.05, 4.69) is 25.9 Å². The van der Waals surface area contributed by atoms with Crippen molar-refractivity contribution < 1.29 is 9.72 Å². The molecule has 1 heterocycles. The number of carbonyl (C=O) groups is 1. The summed E-state index contributed by atoms with van der Waals surface area (Å²) in [5, 5.41) is 19.2. The van der Waals surface area contributed by atoms with Crippen LogP contribution in [0.25, 0.3) is 0 Å². The largest absolute Gasteiger partial charge is 0.355 e. The average Bonchev–Trinajstić information content (AvgIpc) is 2.48. The zero-order valence-electron chi connectivity index (χ0n) is 12.2. The van der Waals surface area contributed by atoms with Crippen LogP contribution in [-0.4, -0.2) is 40.4 Å². The summed E-state index contributed by atoms with van der Waals surface area (Å²) in [6.45, 7) is 5.07. The van der Waals surface area contributed by atoms with Gasteiger partial charge in [0.15, 0.2) is 0 Å². The Balaban J connectivity index is 2.76. The number of nitro groups is 1. The van der Waals surface area contributed by atoms with Crippen molar-refractivity contribution in [1.29, 1.82) is 0 Å². The summed E-state index contributed by atoms with van der Waals surface area (Å²) in [4.78, 5) is 29.8. The first kappa shape index (κ1) is 16.6. The maximum absolute atomic E-state index is 11.5. The minimum atomic E-state index is -0.587. The van der Waals surface area contributed by atoms with Gasteiger partial charge in [-0.05, 0) is 12.8 Å². The maximum atomic E-state index is 11.5. The van der Waals surface area contributed by atoms with Crippen LogP contribution in [0.3, 0.4) is 0 Å². The Morgan fingerprint density at radius 2 is 2.00 bits per heavy atom. The lowest BCUT2D eigenvalue weighted by Gasteiger charge is -2.08. The molecule has 0 bridgehead atoms. The highest BCUT2D eigenvalue weighted by Crippen LogP contribution is 2.21. The molecule has 0 aliphatic carbocycles. The van der Waals surface area contributed by atoms with Crippen LogP contribution in [0.15, 0.2) is 6.20 Å². The van der Waals surface area contributed by atoms with Crippen LogP contribution in [-0.2, 0) is 4.79 Å². The third kappa shape index (κ3) is 5.59. The number of aromatic nitrogens is 2. The number of amides is 1. The third-order valence-electron chi connectivity index (χ3n) is 2.49. The highest BCUT2D eigenvalue weighted by molar-refractivity contribution is 5.81. The first-order valence-corrected chi connectivity index (χ1v) is 6.84. The normalized spacial score (nSPS) is 10.0. The smallest absolute Gasteiger partial charge is 0.329 e. The molecule has 1 rings (SSSR count). The standard InChI is InChI=1S/C12H20N6O3/c1-3-5-13-10(19)8-15-11-9(18(20)21)7-16-12(17-11)14-6-4-2/h7H,3-6,8H2,1-2H3,(H,13,19)(H2,14,15,16,17). The number of nitrogens with one attached hydrogen (secondary N) is 3. The van der Waals surface area contributed by atoms with E-state index in [-0.39, 0.29) is 24.0 Å². The van der Waals surface area contributed by atoms with Crippen molar-refractivity contribution in [3.05, 3.63) is 16.3 Å². The van der Waals surface area contributed by atoms with Crippen molar-refractivity contribution in [3.8, 4) is 0 Å². The van der Waals surface area contributed by atoms with Gasteiger partial charge in [0.25, 0.3) is 0 Å². The monoisotopic (exact) mass is 296 g/mol. The molecule has 0 spiro atoms. The van der Waals surface area contributed by atoms with Crippen molar-refractivity contribution in [2.45, 2.75) is 26.7 Å². The predicted molar refractivity (Wildman–Crippen MR) is 79.3 cm³/mol. The molecule has 0 radical (unpaired) electrons. The lowest BCUT2D eigenvalue weighted by molar-refractivity contribution is -0.384. The minimum Gasteiger partial charge on any atom is -0.355 e. The van der Waals surface area contributed by atoms with Crippen molar-refractivity contribution in [3.63, 3.8) is 0 Å². The highest BCUT2D eigenvalue weighted by Gasteiger charge is 2.17. The topological polar surface area (TPSA) is 122 Å². The van der Waals surface area contributed by atoms with Gasteiger partial charge < -0.3 is 16.0 Å². The molecule has 0 aliphatic heterocycles. The van der Waals surface area contributed by atoms with Crippen molar-refractivity contribution in [2.24, 2.45) is 0 Å². The second kappa shape index (κ2) is 8.67. The van der Waals surface area contributed by atoms with Gasteiger partial charge in [-0.2, -0.15) is 4.98 Å². The van der Waals surface area contributed by atoms with Crippen molar-refractivity contribution >= 4 is 23.4 Å². The fourth-order valence-corrected chi connectivity index (χ4v) is 1.45. The van der Waals surface area contributed by atoms with E-state index in [1.807, 2.05) is 13.8 Å². The van der Waals surface area contributed by atoms with Gasteiger partial charge in [-0.3, -0.25) is 14.9 Å². The summed E-state index contributed by atoms with van der Waals surface area (Å²) in [5.74, 6) is 0.0759. The van der Waals surface area contributed by atoms with Gasteiger partial charge in [-0.25, -0.2) is 4.98 Å². The molecule has 1 aromatic rings. The molecule has 0 saturated heterocycles. The Morgan fingerprint density at radius 3 is 2.62 bits per heavy atom. The molecule has 0 saturated carbocycles. The maximum Gasteiger partial charge on any atom is 0.329 e. The Hall–Kier alpha value is -2.45. The average molecular weight is 296 g/mol. The van der Waals surface area contributed by atoms with Crippen LogP contribution in [0, 0.1) is 10.1 Å². The minimum absolute atomic E-state index is 0.0280. The number of rotatable bonds is 9. The van der Waals surface area contributed by atoms with E-state index in [0.29, 0.717) is 19.0 Å². The molecule has 0 atom stereocenters. The lowest BCUT2D eigenvalue weighted by Crippen LogP contribution is -2.30. The number of carbonyl (C=O) groups excluding carboxylic acids is 1. The van der Waals surface area contributed by atoms with E-state index in [4.69, 9.17) is 0 Å². The molecule has 0 fully saturated rings. The second-order valence-corrected chi connectivity index (χ2v) is 4.31. The summed E-state index contributed by atoms with van der Waals surface area (Å²) >= 11 is 0. The molecule has 3 N–H and O–H groups in total.